The first-order chi connectivity index (χ1) is 16.7. The zero-order valence-electron chi connectivity index (χ0n) is 20.1. The third kappa shape index (κ3) is 4.97. The molecule has 178 valence electrons. The summed E-state index contributed by atoms with van der Waals surface area (Å²) in [7, 11) is 0. The number of nitrogens with one attached hydrogen (secondary N) is 1. The van der Waals surface area contributed by atoms with Crippen LogP contribution in [0.5, 0.6) is 5.75 Å². The molecule has 2 aromatic carbocycles. The van der Waals surface area contributed by atoms with Crippen molar-refractivity contribution in [3.8, 4) is 5.75 Å². The van der Waals surface area contributed by atoms with E-state index in [1.807, 2.05) is 48.0 Å². The molecule has 0 radical (unpaired) electrons. The van der Waals surface area contributed by atoms with Crippen molar-refractivity contribution in [3.05, 3.63) is 48.2 Å². The van der Waals surface area contributed by atoms with Crippen molar-refractivity contribution in [1.82, 2.24) is 30.3 Å². The maximum absolute atomic E-state index is 5.64. The molecule has 34 heavy (non-hydrogen) atoms. The molecule has 8 heteroatoms. The van der Waals surface area contributed by atoms with Gasteiger partial charge < -0.3 is 15.0 Å². The molecule has 0 spiro atoms. The van der Waals surface area contributed by atoms with Crippen LogP contribution >= 0.6 is 0 Å². The van der Waals surface area contributed by atoms with Crippen LogP contribution in [-0.2, 0) is 6.54 Å². The maximum atomic E-state index is 5.64. The molecule has 1 aliphatic rings. The molecule has 1 N–H and O–H groups in total. The number of hydrogen-bond acceptors (Lipinski definition) is 7. The molecule has 1 unspecified atom stereocenters. The van der Waals surface area contributed by atoms with Crippen LogP contribution in [0.4, 0.5) is 5.95 Å². The third-order valence-electron chi connectivity index (χ3n) is 6.57. The summed E-state index contributed by atoms with van der Waals surface area (Å²) in [6.45, 7) is 8.52. The number of rotatable bonds is 8. The number of ether oxygens (including phenoxy) is 1. The van der Waals surface area contributed by atoms with Crippen LogP contribution in [0.3, 0.4) is 0 Å². The second-order valence-electron chi connectivity index (χ2n) is 8.94. The third-order valence-corrected chi connectivity index (χ3v) is 6.57. The van der Waals surface area contributed by atoms with Gasteiger partial charge in [-0.05, 0) is 76.4 Å². The van der Waals surface area contributed by atoms with Gasteiger partial charge in [-0.3, -0.25) is 0 Å². The van der Waals surface area contributed by atoms with Crippen molar-refractivity contribution in [3.63, 3.8) is 0 Å². The Kier molecular flexibility index (Phi) is 6.85. The van der Waals surface area contributed by atoms with E-state index in [1.165, 1.54) is 6.42 Å². The second-order valence-corrected chi connectivity index (χ2v) is 8.94. The smallest absolute Gasteiger partial charge is 0.226 e. The van der Waals surface area contributed by atoms with E-state index < -0.39 is 0 Å². The summed E-state index contributed by atoms with van der Waals surface area (Å²) in [6.07, 6.45) is 4.43. The van der Waals surface area contributed by atoms with E-state index in [0.717, 1.165) is 84.8 Å². The van der Waals surface area contributed by atoms with Gasteiger partial charge in [-0.2, -0.15) is 0 Å². The number of aryl methyl sites for hydroxylation is 2. The lowest BCUT2D eigenvalue weighted by atomic mass is 10.1. The highest BCUT2D eigenvalue weighted by molar-refractivity contribution is 5.83. The molecule has 4 aromatic rings. The van der Waals surface area contributed by atoms with Crippen LogP contribution in [0.1, 0.15) is 38.3 Å². The van der Waals surface area contributed by atoms with Gasteiger partial charge in [0, 0.05) is 31.1 Å². The highest BCUT2D eigenvalue weighted by Crippen LogP contribution is 2.25. The zero-order valence-corrected chi connectivity index (χ0v) is 20.1. The predicted octanol–water partition coefficient (Wildman–Crippen LogP) is 4.12. The molecule has 0 saturated carbocycles. The largest absolute Gasteiger partial charge is 0.494 e. The van der Waals surface area contributed by atoms with Crippen molar-refractivity contribution >= 4 is 27.9 Å². The summed E-state index contributed by atoms with van der Waals surface area (Å²) in [5.41, 5.74) is 4.04. The van der Waals surface area contributed by atoms with E-state index >= 15 is 0 Å². The number of nitrogens with zero attached hydrogens (tertiary/aromatic N) is 6. The molecular formula is C26H33N7O. The summed E-state index contributed by atoms with van der Waals surface area (Å²) in [5.74, 6) is 1.71. The first-order valence-electron chi connectivity index (χ1n) is 12.4. The van der Waals surface area contributed by atoms with Crippen LogP contribution < -0.4 is 15.0 Å². The van der Waals surface area contributed by atoms with Crippen molar-refractivity contribution in [2.75, 3.05) is 31.1 Å². The molecule has 0 aliphatic carbocycles. The Morgan fingerprint density at radius 2 is 1.97 bits per heavy atom. The SMILES string of the molecule is CCOc1ccc2nc(N3CCCC(NCCCn4nnc5ccccc54)CC3)nc(C)c2c1. The average molecular weight is 460 g/mol. The van der Waals surface area contributed by atoms with Gasteiger partial charge in [0.25, 0.3) is 0 Å². The quantitative estimate of drug-likeness (QED) is 0.397. The summed E-state index contributed by atoms with van der Waals surface area (Å²) in [5, 5.41) is 13.4. The van der Waals surface area contributed by atoms with Gasteiger partial charge in [0.1, 0.15) is 11.3 Å². The fourth-order valence-electron chi connectivity index (χ4n) is 4.76. The molecule has 5 rings (SSSR count). The molecule has 2 aromatic heterocycles. The molecule has 8 nitrogen and oxygen atoms in total. The van der Waals surface area contributed by atoms with Gasteiger partial charge in [-0.15, -0.1) is 5.10 Å². The van der Waals surface area contributed by atoms with Gasteiger partial charge in [0.2, 0.25) is 5.95 Å². The lowest BCUT2D eigenvalue weighted by molar-refractivity contribution is 0.340. The molecule has 1 saturated heterocycles. The van der Waals surface area contributed by atoms with Gasteiger partial charge in [0.15, 0.2) is 0 Å². The summed E-state index contributed by atoms with van der Waals surface area (Å²) in [6, 6.07) is 14.7. The lowest BCUT2D eigenvalue weighted by Crippen LogP contribution is -2.32. The highest BCUT2D eigenvalue weighted by Gasteiger charge is 2.19. The van der Waals surface area contributed by atoms with Crippen LogP contribution in [0.25, 0.3) is 21.9 Å². The van der Waals surface area contributed by atoms with Gasteiger partial charge in [-0.1, -0.05) is 17.3 Å². The maximum Gasteiger partial charge on any atom is 0.226 e. The van der Waals surface area contributed by atoms with E-state index in [0.29, 0.717) is 12.6 Å². The van der Waals surface area contributed by atoms with Crippen LogP contribution in [-0.4, -0.2) is 57.2 Å². The number of fused-ring (bicyclic) bond motifs is 2. The highest BCUT2D eigenvalue weighted by atomic mass is 16.5. The van der Waals surface area contributed by atoms with Gasteiger partial charge in [0.05, 0.1) is 23.3 Å². The Labute approximate surface area is 200 Å². The standard InChI is InChI=1S/C26H33N7O/c1-3-34-21-11-12-23-22(18-21)19(2)28-26(29-23)32-15-6-8-20(13-17-32)27-14-7-16-33-25-10-5-4-9-24(25)30-31-33/h4-5,9-12,18,20,27H,3,6-8,13-17H2,1-2H3. The van der Waals surface area contributed by atoms with Crippen molar-refractivity contribution in [2.45, 2.75) is 52.1 Å². The number of anilines is 1. The zero-order chi connectivity index (χ0) is 23.3. The van der Waals surface area contributed by atoms with E-state index in [-0.39, 0.29) is 0 Å². The number of hydrogen-bond donors (Lipinski definition) is 1. The first-order valence-corrected chi connectivity index (χ1v) is 12.4. The molecule has 0 bridgehead atoms. The Hall–Kier alpha value is -3.26. The van der Waals surface area contributed by atoms with Crippen molar-refractivity contribution in [1.29, 1.82) is 0 Å². The average Bonchev–Trinajstić information content (AvgIpc) is 3.11. The van der Waals surface area contributed by atoms with E-state index in [2.05, 4.69) is 33.5 Å². The Balaban J connectivity index is 1.15. The van der Waals surface area contributed by atoms with Crippen molar-refractivity contribution < 1.29 is 4.74 Å². The molecule has 0 amide bonds. The number of aromatic nitrogens is 5. The monoisotopic (exact) mass is 459 g/mol. The summed E-state index contributed by atoms with van der Waals surface area (Å²) < 4.78 is 7.65. The van der Waals surface area contributed by atoms with E-state index in [9.17, 15) is 0 Å². The van der Waals surface area contributed by atoms with Crippen LogP contribution in [0, 0.1) is 6.92 Å². The summed E-state index contributed by atoms with van der Waals surface area (Å²) in [4.78, 5) is 12.1. The summed E-state index contributed by atoms with van der Waals surface area (Å²) >= 11 is 0. The molecule has 1 aliphatic heterocycles. The van der Waals surface area contributed by atoms with Gasteiger partial charge >= 0.3 is 0 Å². The molecular weight excluding hydrogens is 426 g/mol. The fourth-order valence-corrected chi connectivity index (χ4v) is 4.76. The minimum atomic E-state index is 0.521. The van der Waals surface area contributed by atoms with Crippen LogP contribution in [0.2, 0.25) is 0 Å². The first kappa shape index (κ1) is 22.5. The minimum Gasteiger partial charge on any atom is -0.494 e. The minimum absolute atomic E-state index is 0.521. The van der Waals surface area contributed by atoms with Crippen molar-refractivity contribution in [2.24, 2.45) is 0 Å². The topological polar surface area (TPSA) is 81.0 Å². The van der Waals surface area contributed by atoms with Gasteiger partial charge in [-0.25, -0.2) is 14.6 Å². The lowest BCUT2D eigenvalue weighted by Gasteiger charge is -2.22. The normalized spacial score (nSPS) is 16.8. The van der Waals surface area contributed by atoms with E-state index in [1.54, 1.807) is 0 Å². The Morgan fingerprint density at radius 1 is 1.06 bits per heavy atom. The Morgan fingerprint density at radius 3 is 2.88 bits per heavy atom. The predicted molar refractivity (Wildman–Crippen MR) is 135 cm³/mol. The number of benzene rings is 2. The molecule has 1 fully saturated rings. The Bertz CT molecular complexity index is 1250. The van der Waals surface area contributed by atoms with Crippen LogP contribution in [0.15, 0.2) is 42.5 Å². The molecule has 3 heterocycles. The second kappa shape index (κ2) is 10.3. The fraction of sp³-hybridized carbons (Fsp3) is 0.462. The number of para-hydroxylation sites is 1. The van der Waals surface area contributed by atoms with E-state index in [4.69, 9.17) is 14.7 Å². The molecule has 1 atom stereocenters.